The van der Waals surface area contributed by atoms with Gasteiger partial charge in [-0.3, -0.25) is 4.90 Å². The van der Waals surface area contributed by atoms with E-state index in [0.29, 0.717) is 11.5 Å². The Balaban J connectivity index is 2.55. The van der Waals surface area contributed by atoms with Gasteiger partial charge in [-0.05, 0) is 45.8 Å². The van der Waals surface area contributed by atoms with Gasteiger partial charge in [-0.15, -0.1) is 0 Å². The molecule has 1 atom stereocenters. The van der Waals surface area contributed by atoms with Crippen molar-refractivity contribution in [3.63, 3.8) is 0 Å². The molecular formula is C14H29BrN2. The first-order valence-corrected chi connectivity index (χ1v) is 8.10. The molecule has 0 aromatic heterocycles. The van der Waals surface area contributed by atoms with Crippen LogP contribution in [-0.2, 0) is 0 Å². The summed E-state index contributed by atoms with van der Waals surface area (Å²) >= 11 is 3.75. The fourth-order valence-corrected chi connectivity index (χ4v) is 3.85. The number of likely N-dealkylation sites (N-methyl/N-ethyl adjacent to an activating group) is 2. The van der Waals surface area contributed by atoms with E-state index in [1.807, 2.05) is 0 Å². The number of rotatable bonds is 7. The van der Waals surface area contributed by atoms with Gasteiger partial charge in [-0.2, -0.15) is 0 Å². The highest BCUT2D eigenvalue weighted by atomic mass is 79.9. The first-order chi connectivity index (χ1) is 8.03. The van der Waals surface area contributed by atoms with Gasteiger partial charge >= 0.3 is 0 Å². The SMILES string of the molecule is CCN(CC1(CBr)CCCC1)C(C)CN(C)C. The molecule has 0 aromatic carbocycles. The van der Waals surface area contributed by atoms with Gasteiger partial charge in [0.15, 0.2) is 0 Å². The number of alkyl halides is 1. The molecule has 17 heavy (non-hydrogen) atoms. The summed E-state index contributed by atoms with van der Waals surface area (Å²) in [6.45, 7) is 8.25. The first-order valence-electron chi connectivity index (χ1n) is 6.98. The van der Waals surface area contributed by atoms with Gasteiger partial charge in [0.2, 0.25) is 0 Å². The zero-order valence-corrected chi connectivity index (χ0v) is 13.6. The second-order valence-corrected chi connectivity index (χ2v) is 6.58. The third-order valence-electron chi connectivity index (χ3n) is 4.15. The molecule has 2 nitrogen and oxygen atoms in total. The van der Waals surface area contributed by atoms with Crippen molar-refractivity contribution in [3.8, 4) is 0 Å². The molecule has 0 radical (unpaired) electrons. The highest BCUT2D eigenvalue weighted by Gasteiger charge is 2.35. The Morgan fingerprint density at radius 1 is 1.24 bits per heavy atom. The van der Waals surface area contributed by atoms with Crippen LogP contribution in [0.1, 0.15) is 39.5 Å². The van der Waals surface area contributed by atoms with Crippen molar-refractivity contribution < 1.29 is 0 Å². The Kier molecular flexibility index (Phi) is 6.46. The largest absolute Gasteiger partial charge is 0.308 e. The van der Waals surface area contributed by atoms with Crippen LogP contribution in [0.4, 0.5) is 0 Å². The van der Waals surface area contributed by atoms with Crippen molar-refractivity contribution >= 4 is 15.9 Å². The second-order valence-electron chi connectivity index (χ2n) is 6.02. The molecule has 1 saturated carbocycles. The zero-order valence-electron chi connectivity index (χ0n) is 12.0. The summed E-state index contributed by atoms with van der Waals surface area (Å²) in [5, 5.41) is 1.17. The average Bonchev–Trinajstić information content (AvgIpc) is 2.74. The molecule has 1 unspecified atom stereocenters. The maximum atomic E-state index is 3.75. The van der Waals surface area contributed by atoms with E-state index in [0.717, 1.165) is 6.54 Å². The molecule has 0 heterocycles. The minimum atomic E-state index is 0.552. The van der Waals surface area contributed by atoms with Gasteiger partial charge in [0.1, 0.15) is 0 Å². The first kappa shape index (κ1) is 15.5. The molecule has 1 aliphatic carbocycles. The zero-order chi connectivity index (χ0) is 12.9. The maximum absolute atomic E-state index is 3.75. The Morgan fingerprint density at radius 3 is 2.24 bits per heavy atom. The predicted molar refractivity (Wildman–Crippen MR) is 80.0 cm³/mol. The molecule has 0 aromatic rings. The van der Waals surface area contributed by atoms with Crippen molar-refractivity contribution in [3.05, 3.63) is 0 Å². The lowest BCUT2D eigenvalue weighted by atomic mass is 9.87. The van der Waals surface area contributed by atoms with Crippen LogP contribution in [-0.4, -0.2) is 54.9 Å². The van der Waals surface area contributed by atoms with E-state index in [9.17, 15) is 0 Å². The van der Waals surface area contributed by atoms with Gasteiger partial charge < -0.3 is 4.90 Å². The van der Waals surface area contributed by atoms with Crippen molar-refractivity contribution in [2.24, 2.45) is 5.41 Å². The van der Waals surface area contributed by atoms with Crippen LogP contribution in [0.5, 0.6) is 0 Å². The molecule has 0 saturated heterocycles. The summed E-state index contributed by atoms with van der Waals surface area (Å²) in [4.78, 5) is 4.95. The number of nitrogens with zero attached hydrogens (tertiary/aromatic N) is 2. The predicted octanol–water partition coefficient (Wildman–Crippen LogP) is 3.21. The summed E-state index contributed by atoms with van der Waals surface area (Å²) in [6.07, 6.45) is 5.66. The van der Waals surface area contributed by atoms with E-state index in [2.05, 4.69) is 53.7 Å². The van der Waals surface area contributed by atoms with E-state index in [1.165, 1.54) is 44.1 Å². The minimum Gasteiger partial charge on any atom is -0.308 e. The van der Waals surface area contributed by atoms with E-state index in [1.54, 1.807) is 0 Å². The molecule has 0 aliphatic heterocycles. The molecular weight excluding hydrogens is 276 g/mol. The lowest BCUT2D eigenvalue weighted by Gasteiger charge is -2.38. The Labute approximate surface area is 116 Å². The molecule has 1 fully saturated rings. The number of hydrogen-bond acceptors (Lipinski definition) is 2. The smallest absolute Gasteiger partial charge is 0.0194 e. The Morgan fingerprint density at radius 2 is 1.82 bits per heavy atom. The molecule has 0 spiro atoms. The molecule has 1 rings (SSSR count). The molecule has 3 heteroatoms. The molecule has 1 aliphatic rings. The van der Waals surface area contributed by atoms with Crippen LogP contribution < -0.4 is 0 Å². The summed E-state index contributed by atoms with van der Waals surface area (Å²) in [6, 6.07) is 0.659. The molecule has 0 amide bonds. The van der Waals surface area contributed by atoms with E-state index >= 15 is 0 Å². The van der Waals surface area contributed by atoms with E-state index < -0.39 is 0 Å². The molecule has 0 bridgehead atoms. The third kappa shape index (κ3) is 4.53. The van der Waals surface area contributed by atoms with Crippen LogP contribution in [0.2, 0.25) is 0 Å². The van der Waals surface area contributed by atoms with Gasteiger partial charge in [0.05, 0.1) is 0 Å². The highest BCUT2D eigenvalue weighted by molar-refractivity contribution is 9.09. The normalized spacial score (nSPS) is 21.4. The van der Waals surface area contributed by atoms with Gasteiger partial charge in [-0.1, -0.05) is 35.7 Å². The third-order valence-corrected chi connectivity index (χ3v) is 5.33. The van der Waals surface area contributed by atoms with E-state index in [4.69, 9.17) is 0 Å². The van der Waals surface area contributed by atoms with Crippen LogP contribution in [0.25, 0.3) is 0 Å². The summed E-state index contributed by atoms with van der Waals surface area (Å²) in [5.74, 6) is 0. The van der Waals surface area contributed by atoms with Crippen molar-refractivity contribution in [2.45, 2.75) is 45.6 Å². The van der Waals surface area contributed by atoms with Crippen LogP contribution in [0, 0.1) is 5.41 Å². The van der Waals surface area contributed by atoms with Gasteiger partial charge in [0, 0.05) is 24.5 Å². The van der Waals surface area contributed by atoms with Crippen molar-refractivity contribution in [2.75, 3.05) is 39.1 Å². The van der Waals surface area contributed by atoms with Gasteiger partial charge in [0.25, 0.3) is 0 Å². The molecule has 0 N–H and O–H groups in total. The topological polar surface area (TPSA) is 6.48 Å². The van der Waals surface area contributed by atoms with Crippen LogP contribution >= 0.6 is 15.9 Å². The van der Waals surface area contributed by atoms with Crippen LogP contribution in [0.3, 0.4) is 0 Å². The molecule has 102 valence electrons. The average molecular weight is 305 g/mol. The fraction of sp³-hybridized carbons (Fsp3) is 1.00. The maximum Gasteiger partial charge on any atom is 0.0194 e. The summed E-state index contributed by atoms with van der Waals surface area (Å²) < 4.78 is 0. The Hall–Kier alpha value is 0.400. The van der Waals surface area contributed by atoms with Crippen molar-refractivity contribution in [1.82, 2.24) is 9.80 Å². The summed E-state index contributed by atoms with van der Waals surface area (Å²) in [5.41, 5.74) is 0.552. The lowest BCUT2D eigenvalue weighted by Crippen LogP contribution is -2.45. The summed E-state index contributed by atoms with van der Waals surface area (Å²) in [7, 11) is 4.33. The van der Waals surface area contributed by atoms with E-state index in [-0.39, 0.29) is 0 Å². The number of halogens is 1. The van der Waals surface area contributed by atoms with Crippen LogP contribution in [0.15, 0.2) is 0 Å². The van der Waals surface area contributed by atoms with Gasteiger partial charge in [-0.25, -0.2) is 0 Å². The number of hydrogen-bond donors (Lipinski definition) is 0. The fourth-order valence-electron chi connectivity index (χ4n) is 3.11. The standard InChI is InChI=1S/C14H29BrN2/c1-5-17(13(2)10-16(3)4)12-14(11-15)8-6-7-9-14/h13H,5-12H2,1-4H3. The second kappa shape index (κ2) is 7.10. The highest BCUT2D eigenvalue weighted by Crippen LogP contribution is 2.40. The van der Waals surface area contributed by atoms with Crippen molar-refractivity contribution in [1.29, 1.82) is 0 Å². The Bertz CT molecular complexity index is 212. The monoisotopic (exact) mass is 304 g/mol. The minimum absolute atomic E-state index is 0.552. The quantitative estimate of drug-likeness (QED) is 0.666. The lowest BCUT2D eigenvalue weighted by molar-refractivity contribution is 0.121.